The molecule has 0 saturated carbocycles. The molecule has 2 aromatic rings. The van der Waals surface area contributed by atoms with Crippen molar-refractivity contribution in [2.75, 3.05) is 0 Å². The van der Waals surface area contributed by atoms with Crippen molar-refractivity contribution in [1.29, 1.82) is 0 Å². The summed E-state index contributed by atoms with van der Waals surface area (Å²) < 4.78 is 0. The highest BCUT2D eigenvalue weighted by molar-refractivity contribution is 6.30. The van der Waals surface area contributed by atoms with E-state index in [0.29, 0.717) is 5.02 Å². The zero-order valence-corrected chi connectivity index (χ0v) is 8.05. The number of aromatic amines is 1. The molecule has 14 heavy (non-hydrogen) atoms. The maximum absolute atomic E-state index is 5.82. The van der Waals surface area contributed by atoms with Gasteiger partial charge in [0, 0.05) is 16.8 Å². The fourth-order valence-corrected chi connectivity index (χ4v) is 1.22. The average Bonchev–Trinajstić information content (AvgIpc) is 2.67. The van der Waals surface area contributed by atoms with Crippen molar-refractivity contribution in [3.8, 4) is 11.8 Å². The number of nitrogens with zero attached hydrogens (tertiary/aromatic N) is 1. The molecular weight excluding hydrogens is 196 g/mol. The molecule has 2 rings (SSSR count). The SMILES string of the molecule is Clc1cccc(C#Cc2cn[nH]c2)c1. The van der Waals surface area contributed by atoms with Crippen molar-refractivity contribution in [2.45, 2.75) is 0 Å². The second-order valence-corrected chi connectivity index (χ2v) is 3.18. The van der Waals surface area contributed by atoms with Crippen LogP contribution in [0, 0.1) is 11.8 Å². The Kier molecular flexibility index (Phi) is 2.53. The number of rotatable bonds is 0. The Labute approximate surface area is 86.9 Å². The van der Waals surface area contributed by atoms with E-state index in [4.69, 9.17) is 11.6 Å². The fourth-order valence-electron chi connectivity index (χ4n) is 1.03. The number of aromatic nitrogens is 2. The van der Waals surface area contributed by atoms with E-state index < -0.39 is 0 Å². The van der Waals surface area contributed by atoms with Crippen LogP contribution in [0.5, 0.6) is 0 Å². The normalized spacial score (nSPS) is 9.21. The fraction of sp³-hybridized carbons (Fsp3) is 0. The first-order valence-corrected chi connectivity index (χ1v) is 4.49. The molecule has 0 bridgehead atoms. The van der Waals surface area contributed by atoms with Crippen LogP contribution < -0.4 is 0 Å². The molecule has 0 radical (unpaired) electrons. The lowest BCUT2D eigenvalue weighted by molar-refractivity contribution is 1.09. The zero-order chi connectivity index (χ0) is 9.80. The van der Waals surface area contributed by atoms with Crippen LogP contribution in [-0.2, 0) is 0 Å². The quantitative estimate of drug-likeness (QED) is 0.654. The Hall–Kier alpha value is -1.72. The van der Waals surface area contributed by atoms with Gasteiger partial charge in [-0.1, -0.05) is 29.5 Å². The first kappa shape index (κ1) is 8.86. The van der Waals surface area contributed by atoms with Gasteiger partial charge in [-0.05, 0) is 18.2 Å². The third kappa shape index (κ3) is 2.15. The van der Waals surface area contributed by atoms with Gasteiger partial charge in [0.25, 0.3) is 0 Å². The van der Waals surface area contributed by atoms with Crippen molar-refractivity contribution >= 4 is 11.6 Å². The molecule has 0 unspecified atom stereocenters. The molecule has 0 aliphatic rings. The van der Waals surface area contributed by atoms with Crippen molar-refractivity contribution in [3.05, 3.63) is 52.8 Å². The van der Waals surface area contributed by atoms with Crippen LogP contribution in [0.25, 0.3) is 0 Å². The van der Waals surface area contributed by atoms with Crippen molar-refractivity contribution in [1.82, 2.24) is 10.2 Å². The molecular formula is C11H7ClN2. The van der Waals surface area contributed by atoms with Gasteiger partial charge in [-0.2, -0.15) is 5.10 Å². The first-order valence-electron chi connectivity index (χ1n) is 4.11. The van der Waals surface area contributed by atoms with Gasteiger partial charge in [-0.25, -0.2) is 0 Å². The molecule has 0 amide bonds. The minimum atomic E-state index is 0.698. The van der Waals surface area contributed by atoms with Crippen LogP contribution in [0.1, 0.15) is 11.1 Å². The molecule has 1 N–H and O–H groups in total. The minimum Gasteiger partial charge on any atom is -0.284 e. The van der Waals surface area contributed by atoms with E-state index in [-0.39, 0.29) is 0 Å². The molecule has 2 nitrogen and oxygen atoms in total. The van der Waals surface area contributed by atoms with Crippen LogP contribution in [0.4, 0.5) is 0 Å². The largest absolute Gasteiger partial charge is 0.284 e. The second-order valence-electron chi connectivity index (χ2n) is 2.75. The van der Waals surface area contributed by atoms with Crippen LogP contribution in [0.3, 0.4) is 0 Å². The molecule has 0 aliphatic heterocycles. The third-order valence-electron chi connectivity index (χ3n) is 1.67. The number of hydrogen-bond acceptors (Lipinski definition) is 1. The van der Waals surface area contributed by atoms with E-state index in [1.165, 1.54) is 0 Å². The van der Waals surface area contributed by atoms with E-state index in [2.05, 4.69) is 22.0 Å². The number of H-pyrrole nitrogens is 1. The van der Waals surface area contributed by atoms with Crippen LogP contribution in [-0.4, -0.2) is 10.2 Å². The Balaban J connectivity index is 2.26. The lowest BCUT2D eigenvalue weighted by Crippen LogP contribution is -1.73. The maximum atomic E-state index is 5.82. The van der Waals surface area contributed by atoms with E-state index in [1.807, 2.05) is 24.3 Å². The van der Waals surface area contributed by atoms with Crippen LogP contribution >= 0.6 is 11.6 Å². The molecule has 68 valence electrons. The van der Waals surface area contributed by atoms with Crippen molar-refractivity contribution in [2.24, 2.45) is 0 Å². The summed E-state index contributed by atoms with van der Waals surface area (Å²) in [5, 5.41) is 7.20. The minimum absolute atomic E-state index is 0.698. The molecule has 0 fully saturated rings. The Bertz CT molecular complexity index is 477. The summed E-state index contributed by atoms with van der Waals surface area (Å²) in [7, 11) is 0. The molecule has 1 heterocycles. The lowest BCUT2D eigenvalue weighted by Gasteiger charge is -1.89. The third-order valence-corrected chi connectivity index (χ3v) is 1.91. The van der Waals surface area contributed by atoms with Gasteiger partial charge in [0.2, 0.25) is 0 Å². The molecule has 0 spiro atoms. The summed E-state index contributed by atoms with van der Waals surface area (Å²) in [6, 6.07) is 7.44. The highest BCUT2D eigenvalue weighted by Crippen LogP contribution is 2.09. The molecule has 3 heteroatoms. The van der Waals surface area contributed by atoms with Gasteiger partial charge in [-0.15, -0.1) is 0 Å². The lowest BCUT2D eigenvalue weighted by atomic mass is 10.2. The van der Waals surface area contributed by atoms with E-state index >= 15 is 0 Å². The van der Waals surface area contributed by atoms with Gasteiger partial charge in [0.05, 0.1) is 11.8 Å². The number of hydrogen-bond donors (Lipinski definition) is 1. The van der Waals surface area contributed by atoms with Gasteiger partial charge in [0.15, 0.2) is 0 Å². The standard InChI is InChI=1S/C11H7ClN2/c12-11-3-1-2-9(6-11)4-5-10-7-13-14-8-10/h1-3,6-8H,(H,13,14). The molecule has 0 aliphatic carbocycles. The average molecular weight is 203 g/mol. The Morgan fingerprint density at radius 2 is 2.07 bits per heavy atom. The second kappa shape index (κ2) is 3.99. The van der Waals surface area contributed by atoms with Gasteiger partial charge in [0.1, 0.15) is 0 Å². The number of benzene rings is 1. The Morgan fingerprint density at radius 1 is 1.21 bits per heavy atom. The highest BCUT2D eigenvalue weighted by Gasteiger charge is 1.89. The van der Waals surface area contributed by atoms with Crippen LogP contribution in [0.2, 0.25) is 5.02 Å². The van der Waals surface area contributed by atoms with Crippen LogP contribution in [0.15, 0.2) is 36.7 Å². The summed E-state index contributed by atoms with van der Waals surface area (Å²) in [5.41, 5.74) is 1.77. The number of halogens is 1. The molecule has 0 atom stereocenters. The van der Waals surface area contributed by atoms with E-state index in [1.54, 1.807) is 12.4 Å². The van der Waals surface area contributed by atoms with Crippen molar-refractivity contribution < 1.29 is 0 Å². The predicted molar refractivity (Wildman–Crippen MR) is 56.0 cm³/mol. The predicted octanol–water partition coefficient (Wildman–Crippen LogP) is 2.46. The zero-order valence-electron chi connectivity index (χ0n) is 7.29. The summed E-state index contributed by atoms with van der Waals surface area (Å²) in [6.07, 6.45) is 3.43. The van der Waals surface area contributed by atoms with E-state index in [0.717, 1.165) is 11.1 Å². The first-order chi connectivity index (χ1) is 6.84. The maximum Gasteiger partial charge on any atom is 0.0644 e. The van der Waals surface area contributed by atoms with Gasteiger partial charge >= 0.3 is 0 Å². The highest BCUT2D eigenvalue weighted by atomic mass is 35.5. The Morgan fingerprint density at radius 3 is 2.79 bits per heavy atom. The summed E-state index contributed by atoms with van der Waals surface area (Å²) in [6.45, 7) is 0. The topological polar surface area (TPSA) is 28.7 Å². The molecule has 1 aromatic heterocycles. The smallest absolute Gasteiger partial charge is 0.0644 e. The number of nitrogens with one attached hydrogen (secondary N) is 1. The molecule has 0 saturated heterocycles. The van der Waals surface area contributed by atoms with E-state index in [9.17, 15) is 0 Å². The summed E-state index contributed by atoms with van der Waals surface area (Å²) >= 11 is 5.82. The van der Waals surface area contributed by atoms with Gasteiger partial charge < -0.3 is 0 Å². The van der Waals surface area contributed by atoms with Gasteiger partial charge in [-0.3, -0.25) is 5.10 Å². The van der Waals surface area contributed by atoms with Crippen molar-refractivity contribution in [3.63, 3.8) is 0 Å². The molecule has 1 aromatic carbocycles. The summed E-state index contributed by atoms with van der Waals surface area (Å²) in [4.78, 5) is 0. The summed E-state index contributed by atoms with van der Waals surface area (Å²) in [5.74, 6) is 5.96. The monoisotopic (exact) mass is 202 g/mol.